The summed E-state index contributed by atoms with van der Waals surface area (Å²) in [5.41, 5.74) is 0.837. The van der Waals surface area contributed by atoms with Crippen LogP contribution in [0.3, 0.4) is 0 Å². The summed E-state index contributed by atoms with van der Waals surface area (Å²) in [6.45, 7) is 2.30. The Kier molecular flexibility index (Phi) is 5.16. The van der Waals surface area contributed by atoms with Crippen LogP contribution in [0, 0.1) is 11.7 Å². The third kappa shape index (κ3) is 3.75. The van der Waals surface area contributed by atoms with Crippen LogP contribution in [0.25, 0.3) is 0 Å². The van der Waals surface area contributed by atoms with Crippen molar-refractivity contribution >= 4 is 17.8 Å². The first kappa shape index (κ1) is 20.9. The highest BCUT2D eigenvalue weighted by Crippen LogP contribution is 2.39. The van der Waals surface area contributed by atoms with Crippen LogP contribution >= 0.6 is 0 Å². The highest BCUT2D eigenvalue weighted by molar-refractivity contribution is 6.04. The summed E-state index contributed by atoms with van der Waals surface area (Å²) in [4.78, 5) is 17.7. The number of benzene rings is 1. The maximum Gasteiger partial charge on any atom is 0.253 e. The van der Waals surface area contributed by atoms with Crippen molar-refractivity contribution in [3.05, 3.63) is 84.1 Å². The Balaban J connectivity index is 1.45. The van der Waals surface area contributed by atoms with Gasteiger partial charge in [-0.3, -0.25) is 14.8 Å². The minimum atomic E-state index is -0.775. The molecule has 0 fully saturated rings. The number of amides is 1. The average Bonchev–Trinajstić information content (AvgIpc) is 3.49. The number of dihydropyridines is 1. The van der Waals surface area contributed by atoms with Gasteiger partial charge in [0.15, 0.2) is 0 Å². The van der Waals surface area contributed by atoms with Crippen molar-refractivity contribution in [3.8, 4) is 5.75 Å². The van der Waals surface area contributed by atoms with Crippen LogP contribution in [-0.2, 0) is 4.79 Å². The molecule has 3 aliphatic rings. The van der Waals surface area contributed by atoms with Crippen LogP contribution in [0.4, 0.5) is 4.39 Å². The van der Waals surface area contributed by atoms with Gasteiger partial charge in [0, 0.05) is 30.6 Å². The van der Waals surface area contributed by atoms with E-state index in [0.29, 0.717) is 12.3 Å². The second-order valence-corrected chi connectivity index (χ2v) is 8.33. The molecule has 0 saturated carbocycles. The molecule has 0 saturated heterocycles. The topological polar surface area (TPSA) is 93.4 Å². The normalized spacial score (nSPS) is 25.9. The van der Waals surface area contributed by atoms with Gasteiger partial charge in [-0.2, -0.15) is 10.2 Å². The van der Waals surface area contributed by atoms with Crippen molar-refractivity contribution in [2.75, 3.05) is 6.54 Å². The van der Waals surface area contributed by atoms with Gasteiger partial charge in [0.2, 0.25) is 0 Å². The SMILES string of the molecule is CC1(N2CC(C(=O)N3N=C(c4cccnc4)CC3c3c(O)cccc3F)C=N2)C=CC=CN1. The first-order valence-electron chi connectivity index (χ1n) is 10.7. The first-order chi connectivity index (χ1) is 16.0. The van der Waals surface area contributed by atoms with E-state index in [2.05, 4.69) is 20.5 Å². The molecule has 3 unspecified atom stereocenters. The van der Waals surface area contributed by atoms with E-state index in [4.69, 9.17) is 0 Å². The number of carbonyl (C=O) groups is 1. The standard InChI is InChI=1S/C24H23FN6O2/c1-24(9-2-3-11-27-24)30-15-17(14-28-30)23(33)31-20(22-18(25)7-4-8-21(22)32)12-19(29-31)16-6-5-10-26-13-16/h2-11,13-14,17,20,27,32H,12,15H2,1H3. The van der Waals surface area contributed by atoms with E-state index in [1.54, 1.807) is 29.7 Å². The zero-order valence-electron chi connectivity index (χ0n) is 18.0. The molecule has 0 radical (unpaired) electrons. The van der Waals surface area contributed by atoms with Gasteiger partial charge in [0.1, 0.15) is 17.2 Å². The molecule has 0 spiro atoms. The molecule has 9 heteroatoms. The number of carbonyl (C=O) groups excluding carboxylic acids is 1. The van der Waals surface area contributed by atoms with E-state index < -0.39 is 23.4 Å². The van der Waals surface area contributed by atoms with Crippen molar-refractivity contribution in [1.29, 1.82) is 0 Å². The Hall–Kier alpha value is -4.01. The van der Waals surface area contributed by atoms with E-state index in [-0.39, 0.29) is 23.6 Å². The van der Waals surface area contributed by atoms with Crippen molar-refractivity contribution in [2.24, 2.45) is 16.1 Å². The van der Waals surface area contributed by atoms with Gasteiger partial charge in [0.05, 0.1) is 29.8 Å². The monoisotopic (exact) mass is 446 g/mol. The molecule has 3 atom stereocenters. The van der Waals surface area contributed by atoms with Crippen molar-refractivity contribution in [2.45, 2.75) is 25.0 Å². The number of allylic oxidation sites excluding steroid dienone is 2. The summed E-state index contributed by atoms with van der Waals surface area (Å²) < 4.78 is 14.8. The predicted octanol–water partition coefficient (Wildman–Crippen LogP) is 2.91. The van der Waals surface area contributed by atoms with Gasteiger partial charge in [-0.1, -0.05) is 18.2 Å². The van der Waals surface area contributed by atoms with Crippen molar-refractivity contribution in [1.82, 2.24) is 20.3 Å². The number of halogens is 1. The number of phenols is 1. The molecular weight excluding hydrogens is 423 g/mol. The quantitative estimate of drug-likeness (QED) is 0.753. The van der Waals surface area contributed by atoms with E-state index in [1.807, 2.05) is 37.4 Å². The summed E-state index contributed by atoms with van der Waals surface area (Å²) in [5, 5.41) is 25.8. The molecule has 0 bridgehead atoms. The van der Waals surface area contributed by atoms with Gasteiger partial charge in [-0.25, -0.2) is 9.40 Å². The molecule has 33 heavy (non-hydrogen) atoms. The smallest absolute Gasteiger partial charge is 0.253 e. The average molecular weight is 446 g/mol. The third-order valence-electron chi connectivity index (χ3n) is 6.11. The number of nitrogens with one attached hydrogen (secondary N) is 1. The van der Waals surface area contributed by atoms with Gasteiger partial charge in [0.25, 0.3) is 5.91 Å². The Bertz CT molecular complexity index is 1170. The first-order valence-corrected chi connectivity index (χ1v) is 10.7. The zero-order chi connectivity index (χ0) is 23.0. The van der Waals surface area contributed by atoms with Gasteiger partial charge < -0.3 is 10.4 Å². The van der Waals surface area contributed by atoms with E-state index >= 15 is 0 Å². The fourth-order valence-corrected chi connectivity index (χ4v) is 4.29. The van der Waals surface area contributed by atoms with Crippen LogP contribution in [0.1, 0.15) is 30.5 Å². The molecule has 168 valence electrons. The van der Waals surface area contributed by atoms with E-state index in [9.17, 15) is 14.3 Å². The molecule has 1 aromatic heterocycles. The highest BCUT2D eigenvalue weighted by Gasteiger charge is 2.42. The van der Waals surface area contributed by atoms with Crippen molar-refractivity contribution in [3.63, 3.8) is 0 Å². The third-order valence-corrected chi connectivity index (χ3v) is 6.11. The number of phenolic OH excluding ortho intramolecular Hbond substituents is 1. The summed E-state index contributed by atoms with van der Waals surface area (Å²) in [6.07, 6.45) is 12.7. The second-order valence-electron chi connectivity index (χ2n) is 8.33. The summed E-state index contributed by atoms with van der Waals surface area (Å²) in [6, 6.07) is 6.96. The second kappa shape index (κ2) is 8.16. The number of hydrogen-bond donors (Lipinski definition) is 2. The van der Waals surface area contributed by atoms with Gasteiger partial charge in [-0.05, 0) is 43.5 Å². The number of hydrogen-bond acceptors (Lipinski definition) is 7. The zero-order valence-corrected chi connectivity index (χ0v) is 18.0. The molecule has 2 aromatic rings. The number of nitrogens with zero attached hydrogens (tertiary/aromatic N) is 5. The predicted molar refractivity (Wildman–Crippen MR) is 122 cm³/mol. The van der Waals surface area contributed by atoms with Crippen molar-refractivity contribution < 1.29 is 14.3 Å². The lowest BCUT2D eigenvalue weighted by molar-refractivity contribution is -0.135. The number of aromatic nitrogens is 1. The Morgan fingerprint density at radius 2 is 2.15 bits per heavy atom. The van der Waals surface area contributed by atoms with Crippen LogP contribution in [-0.4, -0.2) is 50.1 Å². The Morgan fingerprint density at radius 1 is 1.27 bits per heavy atom. The molecule has 0 aliphatic carbocycles. The van der Waals surface area contributed by atoms with Gasteiger partial charge >= 0.3 is 0 Å². The molecule has 1 aromatic carbocycles. The molecular formula is C24H23FN6O2. The lowest BCUT2D eigenvalue weighted by Gasteiger charge is -2.37. The minimum absolute atomic E-state index is 0.0502. The summed E-state index contributed by atoms with van der Waals surface area (Å²) >= 11 is 0. The molecule has 8 nitrogen and oxygen atoms in total. The lowest BCUT2D eigenvalue weighted by Crippen LogP contribution is -2.52. The molecule has 4 heterocycles. The molecule has 1 amide bonds. The number of rotatable bonds is 4. The molecule has 5 rings (SSSR count). The minimum Gasteiger partial charge on any atom is -0.507 e. The van der Waals surface area contributed by atoms with Crippen LogP contribution < -0.4 is 5.32 Å². The summed E-state index contributed by atoms with van der Waals surface area (Å²) in [7, 11) is 0. The fraction of sp³-hybridized carbons (Fsp3) is 0.250. The largest absolute Gasteiger partial charge is 0.507 e. The maximum atomic E-state index is 14.8. The number of aromatic hydroxyl groups is 1. The highest BCUT2D eigenvalue weighted by atomic mass is 19.1. The summed E-state index contributed by atoms with van der Waals surface area (Å²) in [5.74, 6) is -1.68. The van der Waals surface area contributed by atoms with Crippen LogP contribution in [0.5, 0.6) is 5.75 Å². The maximum absolute atomic E-state index is 14.8. The van der Waals surface area contributed by atoms with Crippen LogP contribution in [0.2, 0.25) is 0 Å². The fourth-order valence-electron chi connectivity index (χ4n) is 4.29. The molecule has 3 aliphatic heterocycles. The van der Waals surface area contributed by atoms with Gasteiger partial charge in [-0.15, -0.1) is 0 Å². The Labute approximate surface area is 190 Å². The van der Waals surface area contributed by atoms with E-state index in [0.717, 1.165) is 5.56 Å². The Morgan fingerprint density at radius 3 is 2.88 bits per heavy atom. The van der Waals surface area contributed by atoms with Crippen LogP contribution in [0.15, 0.2) is 77.4 Å². The molecule has 2 N–H and O–H groups in total. The lowest BCUT2D eigenvalue weighted by atomic mass is 9.97. The number of pyridine rings is 1. The van der Waals surface area contributed by atoms with E-state index in [1.165, 1.54) is 23.2 Å². The number of hydrazone groups is 2.